The van der Waals surface area contributed by atoms with Gasteiger partial charge in [0.2, 0.25) is 0 Å². The molecule has 0 bridgehead atoms. The molecule has 0 aliphatic heterocycles. The second kappa shape index (κ2) is 7.08. The van der Waals surface area contributed by atoms with Gasteiger partial charge in [0.15, 0.2) is 6.61 Å². The molecule has 0 aliphatic carbocycles. The van der Waals surface area contributed by atoms with Gasteiger partial charge >= 0.3 is 0 Å². The monoisotopic (exact) mass is 350 g/mol. The van der Waals surface area contributed by atoms with Crippen molar-refractivity contribution < 1.29 is 13.9 Å². The summed E-state index contributed by atoms with van der Waals surface area (Å²) in [5, 5.41) is 3.79. The first kappa shape index (κ1) is 15.3. The van der Waals surface area contributed by atoms with E-state index in [2.05, 4.69) is 26.5 Å². The highest BCUT2D eigenvalue weighted by Crippen LogP contribution is 2.25. The predicted molar refractivity (Wildman–Crippen MR) is 83.6 cm³/mol. The van der Waals surface area contributed by atoms with Gasteiger partial charge in [-0.25, -0.2) is 5.43 Å². The molecule has 0 aliphatic rings. The Morgan fingerprint density at radius 3 is 2.86 bits per heavy atom. The highest BCUT2D eigenvalue weighted by Gasteiger charge is 2.05. The minimum absolute atomic E-state index is 0.115. The highest BCUT2D eigenvalue weighted by molar-refractivity contribution is 9.10. The number of furan rings is 1. The van der Waals surface area contributed by atoms with Gasteiger partial charge in [0, 0.05) is 0 Å². The summed E-state index contributed by atoms with van der Waals surface area (Å²) in [6, 6.07) is 9.23. The maximum Gasteiger partial charge on any atom is 0.277 e. The van der Waals surface area contributed by atoms with Crippen molar-refractivity contribution in [2.24, 2.45) is 5.10 Å². The molecule has 0 saturated carbocycles. The van der Waals surface area contributed by atoms with Gasteiger partial charge in [-0.3, -0.25) is 4.79 Å². The van der Waals surface area contributed by atoms with Gasteiger partial charge in [-0.1, -0.05) is 6.07 Å². The number of aryl methyl sites for hydroxylation is 2. The Morgan fingerprint density at radius 2 is 2.19 bits per heavy atom. The number of hydrogen-bond acceptors (Lipinski definition) is 4. The average Bonchev–Trinajstić information content (AvgIpc) is 2.83. The van der Waals surface area contributed by atoms with Crippen LogP contribution in [0.25, 0.3) is 0 Å². The van der Waals surface area contributed by atoms with Crippen molar-refractivity contribution in [1.82, 2.24) is 5.43 Å². The van der Waals surface area contributed by atoms with Crippen molar-refractivity contribution in [1.29, 1.82) is 0 Å². The Balaban J connectivity index is 1.81. The van der Waals surface area contributed by atoms with E-state index in [1.807, 2.05) is 38.1 Å². The number of nitrogens with zero attached hydrogens (tertiary/aromatic N) is 1. The van der Waals surface area contributed by atoms with E-state index >= 15 is 0 Å². The summed E-state index contributed by atoms with van der Waals surface area (Å²) in [5.74, 6) is 1.63. The molecule has 0 atom stereocenters. The molecule has 5 nitrogen and oxygen atoms in total. The first-order valence-corrected chi connectivity index (χ1v) is 7.11. The normalized spacial score (nSPS) is 10.8. The molecule has 110 valence electrons. The molecule has 1 N–H and O–H groups in total. The van der Waals surface area contributed by atoms with Crippen LogP contribution in [0.4, 0.5) is 0 Å². The molecule has 2 rings (SSSR count). The summed E-state index contributed by atoms with van der Waals surface area (Å²) in [6.07, 6.45) is 1.44. The molecule has 6 heteroatoms. The number of hydrazone groups is 1. The number of hydrogen-bond donors (Lipinski definition) is 1. The summed E-state index contributed by atoms with van der Waals surface area (Å²) in [6.45, 7) is 3.70. The molecule has 1 amide bonds. The Hall–Kier alpha value is -2.08. The molecular weight excluding hydrogens is 336 g/mol. The number of carbonyl (C=O) groups excluding carboxylic acids is 1. The SMILES string of the molecule is Cc1ccc(OCC(=O)NN=Cc2ccc(C)o2)c(Br)c1. The number of carbonyl (C=O) groups is 1. The second-order valence-corrected chi connectivity index (χ2v) is 5.32. The van der Waals surface area contributed by atoms with Crippen LogP contribution in [0.15, 0.2) is 44.3 Å². The Labute approximate surface area is 131 Å². The minimum atomic E-state index is -0.345. The number of benzene rings is 1. The third-order valence-electron chi connectivity index (χ3n) is 2.59. The van der Waals surface area contributed by atoms with Crippen LogP contribution in [-0.4, -0.2) is 18.7 Å². The van der Waals surface area contributed by atoms with Gasteiger partial charge in [0.1, 0.15) is 17.3 Å². The van der Waals surface area contributed by atoms with Gasteiger partial charge in [0.05, 0.1) is 10.7 Å². The molecular formula is C15H15BrN2O3. The van der Waals surface area contributed by atoms with Crippen LogP contribution in [0, 0.1) is 13.8 Å². The van der Waals surface area contributed by atoms with E-state index in [0.717, 1.165) is 15.8 Å². The number of rotatable bonds is 5. The number of ether oxygens (including phenoxy) is 1. The lowest BCUT2D eigenvalue weighted by molar-refractivity contribution is -0.123. The highest BCUT2D eigenvalue weighted by atomic mass is 79.9. The molecule has 1 aromatic heterocycles. The van der Waals surface area contributed by atoms with E-state index in [1.54, 1.807) is 6.07 Å². The standard InChI is InChI=1S/C15H15BrN2O3/c1-10-3-6-14(13(16)7-10)20-9-15(19)18-17-8-12-5-4-11(2)21-12/h3-8H,9H2,1-2H3,(H,18,19). The summed E-state index contributed by atoms with van der Waals surface area (Å²) in [4.78, 5) is 11.6. The third-order valence-corrected chi connectivity index (χ3v) is 3.21. The zero-order chi connectivity index (χ0) is 15.2. The number of halogens is 1. The fourth-order valence-corrected chi connectivity index (χ4v) is 2.20. The fourth-order valence-electron chi connectivity index (χ4n) is 1.59. The zero-order valence-corrected chi connectivity index (χ0v) is 13.3. The van der Waals surface area contributed by atoms with Crippen molar-refractivity contribution in [2.75, 3.05) is 6.61 Å². The maximum atomic E-state index is 11.6. The van der Waals surface area contributed by atoms with Crippen LogP contribution >= 0.6 is 15.9 Å². The van der Waals surface area contributed by atoms with Gasteiger partial charge in [-0.2, -0.15) is 5.10 Å². The van der Waals surface area contributed by atoms with E-state index in [0.29, 0.717) is 11.5 Å². The maximum absolute atomic E-state index is 11.6. The molecule has 0 radical (unpaired) electrons. The summed E-state index contributed by atoms with van der Waals surface area (Å²) >= 11 is 3.38. The molecule has 21 heavy (non-hydrogen) atoms. The molecule has 0 saturated heterocycles. The van der Waals surface area contributed by atoms with Gasteiger partial charge in [-0.05, 0) is 59.6 Å². The van der Waals surface area contributed by atoms with Gasteiger partial charge < -0.3 is 9.15 Å². The van der Waals surface area contributed by atoms with Gasteiger partial charge in [0.25, 0.3) is 5.91 Å². The molecule has 0 fully saturated rings. The van der Waals surface area contributed by atoms with Crippen molar-refractivity contribution in [3.63, 3.8) is 0 Å². The lowest BCUT2D eigenvalue weighted by Crippen LogP contribution is -2.24. The summed E-state index contributed by atoms with van der Waals surface area (Å²) in [5.41, 5.74) is 3.48. The predicted octanol–water partition coefficient (Wildman–Crippen LogP) is 3.19. The molecule has 0 unspecified atom stereocenters. The second-order valence-electron chi connectivity index (χ2n) is 4.46. The molecule has 1 heterocycles. The number of amides is 1. The minimum Gasteiger partial charge on any atom is -0.483 e. The first-order chi connectivity index (χ1) is 10.0. The lowest BCUT2D eigenvalue weighted by atomic mass is 10.2. The lowest BCUT2D eigenvalue weighted by Gasteiger charge is -2.07. The fraction of sp³-hybridized carbons (Fsp3) is 0.200. The molecule has 2 aromatic rings. The Kier molecular flexibility index (Phi) is 5.16. The smallest absolute Gasteiger partial charge is 0.277 e. The van der Waals surface area contributed by atoms with Crippen LogP contribution in [0.2, 0.25) is 0 Å². The van der Waals surface area contributed by atoms with Crippen LogP contribution in [-0.2, 0) is 4.79 Å². The average molecular weight is 351 g/mol. The topological polar surface area (TPSA) is 63.8 Å². The third kappa shape index (κ3) is 4.75. The van der Waals surface area contributed by atoms with E-state index in [9.17, 15) is 4.79 Å². The summed E-state index contributed by atoms with van der Waals surface area (Å²) in [7, 11) is 0. The summed E-state index contributed by atoms with van der Waals surface area (Å²) < 4.78 is 11.5. The molecule has 1 aromatic carbocycles. The van der Waals surface area contributed by atoms with Crippen LogP contribution < -0.4 is 10.2 Å². The van der Waals surface area contributed by atoms with Crippen molar-refractivity contribution in [3.8, 4) is 5.75 Å². The Bertz CT molecular complexity index is 665. The van der Waals surface area contributed by atoms with Crippen molar-refractivity contribution in [3.05, 3.63) is 51.9 Å². The molecule has 0 spiro atoms. The van der Waals surface area contributed by atoms with Crippen LogP contribution in [0.3, 0.4) is 0 Å². The number of nitrogens with one attached hydrogen (secondary N) is 1. The van der Waals surface area contributed by atoms with E-state index < -0.39 is 0 Å². The van der Waals surface area contributed by atoms with E-state index in [-0.39, 0.29) is 12.5 Å². The van der Waals surface area contributed by atoms with E-state index in [1.165, 1.54) is 6.21 Å². The quantitative estimate of drug-likeness (QED) is 0.665. The first-order valence-electron chi connectivity index (χ1n) is 6.32. The van der Waals surface area contributed by atoms with Crippen LogP contribution in [0.1, 0.15) is 17.1 Å². The Morgan fingerprint density at radius 1 is 1.38 bits per heavy atom. The van der Waals surface area contributed by atoms with Crippen molar-refractivity contribution in [2.45, 2.75) is 13.8 Å². The van der Waals surface area contributed by atoms with Crippen LogP contribution in [0.5, 0.6) is 5.75 Å². The van der Waals surface area contributed by atoms with Crippen molar-refractivity contribution >= 4 is 28.1 Å². The zero-order valence-electron chi connectivity index (χ0n) is 11.7. The van der Waals surface area contributed by atoms with Gasteiger partial charge in [-0.15, -0.1) is 0 Å². The largest absolute Gasteiger partial charge is 0.483 e. The van der Waals surface area contributed by atoms with E-state index in [4.69, 9.17) is 9.15 Å².